The highest BCUT2D eigenvalue weighted by Crippen LogP contribution is 2.21. The number of pyridine rings is 1. The quantitative estimate of drug-likeness (QED) is 0.887. The number of ether oxygens (including phenoxy) is 1. The number of aromatic nitrogens is 1. The molecule has 0 aliphatic rings. The maximum atomic E-state index is 11.2. The van der Waals surface area contributed by atoms with Crippen LogP contribution in [0.5, 0.6) is 5.75 Å². The van der Waals surface area contributed by atoms with Gasteiger partial charge in [0, 0.05) is 42.7 Å². The molecule has 1 N–H and O–H groups in total. The average molecular weight is 286 g/mol. The molecular formula is C17H22N2O2. The molecular weight excluding hydrogens is 264 g/mol. The van der Waals surface area contributed by atoms with Crippen molar-refractivity contribution in [3.8, 4) is 5.75 Å². The summed E-state index contributed by atoms with van der Waals surface area (Å²) in [6.45, 7) is 5.77. The first-order valence-corrected chi connectivity index (χ1v) is 7.14. The van der Waals surface area contributed by atoms with Crippen molar-refractivity contribution in [3.63, 3.8) is 0 Å². The minimum Gasteiger partial charge on any atom is -0.496 e. The Balaban J connectivity index is 2.20. The van der Waals surface area contributed by atoms with E-state index >= 15 is 0 Å². The molecule has 112 valence electrons. The third kappa shape index (κ3) is 4.46. The molecule has 4 nitrogen and oxygen atoms in total. The van der Waals surface area contributed by atoms with Crippen molar-refractivity contribution in [3.05, 3.63) is 64.1 Å². The normalized spacial score (nSPS) is 10.9. The molecule has 4 heteroatoms. The number of rotatable bonds is 6. The summed E-state index contributed by atoms with van der Waals surface area (Å²) in [6.07, 6.45) is 3.58. The van der Waals surface area contributed by atoms with E-state index in [1.165, 1.54) is 5.56 Å². The Morgan fingerprint density at radius 3 is 2.52 bits per heavy atom. The van der Waals surface area contributed by atoms with Crippen LogP contribution in [0.2, 0.25) is 0 Å². The summed E-state index contributed by atoms with van der Waals surface area (Å²) in [6, 6.07) is 9.80. The predicted molar refractivity (Wildman–Crippen MR) is 84.8 cm³/mol. The average Bonchev–Trinajstić information content (AvgIpc) is 2.48. The lowest BCUT2D eigenvalue weighted by atomic mass is 10.1. The lowest BCUT2D eigenvalue weighted by Gasteiger charge is -2.14. The van der Waals surface area contributed by atoms with Gasteiger partial charge in [-0.15, -0.1) is 0 Å². The minimum absolute atomic E-state index is 0.0214. The third-order valence-electron chi connectivity index (χ3n) is 3.27. The van der Waals surface area contributed by atoms with Crippen LogP contribution in [0.4, 0.5) is 0 Å². The zero-order chi connectivity index (χ0) is 15.2. The number of hydrogen-bond acceptors (Lipinski definition) is 3. The molecule has 1 aromatic heterocycles. The lowest BCUT2D eigenvalue weighted by molar-refractivity contribution is 0.408. The van der Waals surface area contributed by atoms with Gasteiger partial charge in [-0.1, -0.05) is 19.9 Å². The lowest BCUT2D eigenvalue weighted by Crippen LogP contribution is -2.21. The van der Waals surface area contributed by atoms with Crippen LogP contribution >= 0.6 is 0 Å². The van der Waals surface area contributed by atoms with E-state index in [1.54, 1.807) is 31.6 Å². The van der Waals surface area contributed by atoms with E-state index in [4.69, 9.17) is 4.74 Å². The van der Waals surface area contributed by atoms with Crippen LogP contribution in [0.15, 0.2) is 47.5 Å². The molecule has 0 aliphatic carbocycles. The van der Waals surface area contributed by atoms with Crippen molar-refractivity contribution in [1.29, 1.82) is 0 Å². The van der Waals surface area contributed by atoms with Crippen molar-refractivity contribution in [2.45, 2.75) is 33.0 Å². The summed E-state index contributed by atoms with van der Waals surface area (Å²) >= 11 is 0. The maximum Gasteiger partial charge on any atom is 0.181 e. The zero-order valence-corrected chi connectivity index (χ0v) is 12.8. The van der Waals surface area contributed by atoms with Crippen LogP contribution in [0.1, 0.15) is 25.0 Å². The molecule has 0 spiro atoms. The van der Waals surface area contributed by atoms with Crippen LogP contribution < -0.4 is 15.5 Å². The highest BCUT2D eigenvalue weighted by Gasteiger charge is 2.05. The largest absolute Gasteiger partial charge is 0.496 e. The summed E-state index contributed by atoms with van der Waals surface area (Å²) in [4.78, 5) is 11.2. The molecule has 0 radical (unpaired) electrons. The second kappa shape index (κ2) is 7.09. The van der Waals surface area contributed by atoms with Gasteiger partial charge in [0.1, 0.15) is 5.75 Å². The molecule has 0 saturated carbocycles. The number of hydrogen-bond donors (Lipinski definition) is 1. The molecule has 0 fully saturated rings. The zero-order valence-electron chi connectivity index (χ0n) is 12.8. The number of nitrogens with one attached hydrogen (secondary N) is 1. The van der Waals surface area contributed by atoms with Gasteiger partial charge in [0.15, 0.2) is 5.43 Å². The summed E-state index contributed by atoms with van der Waals surface area (Å²) < 4.78 is 7.40. The summed E-state index contributed by atoms with van der Waals surface area (Å²) in [5, 5.41) is 3.41. The van der Waals surface area contributed by atoms with Crippen LogP contribution in [-0.4, -0.2) is 17.7 Å². The fourth-order valence-electron chi connectivity index (χ4n) is 2.13. The van der Waals surface area contributed by atoms with E-state index in [-0.39, 0.29) is 5.43 Å². The Labute approximate surface area is 125 Å². The van der Waals surface area contributed by atoms with Crippen molar-refractivity contribution in [2.24, 2.45) is 0 Å². The fraction of sp³-hybridized carbons (Fsp3) is 0.353. The van der Waals surface area contributed by atoms with E-state index in [0.29, 0.717) is 12.6 Å². The Morgan fingerprint density at radius 1 is 1.19 bits per heavy atom. The number of methoxy groups -OCH3 is 1. The van der Waals surface area contributed by atoms with Crippen molar-refractivity contribution >= 4 is 0 Å². The first-order chi connectivity index (χ1) is 10.1. The van der Waals surface area contributed by atoms with Crippen LogP contribution in [-0.2, 0) is 13.1 Å². The van der Waals surface area contributed by atoms with E-state index in [2.05, 4.69) is 31.3 Å². The second-order valence-electron chi connectivity index (χ2n) is 5.39. The summed E-state index contributed by atoms with van der Waals surface area (Å²) in [7, 11) is 1.68. The van der Waals surface area contributed by atoms with Gasteiger partial charge in [-0.05, 0) is 17.7 Å². The van der Waals surface area contributed by atoms with Gasteiger partial charge in [0.2, 0.25) is 0 Å². The van der Waals surface area contributed by atoms with Gasteiger partial charge in [-0.25, -0.2) is 0 Å². The molecule has 2 rings (SSSR count). The summed E-state index contributed by atoms with van der Waals surface area (Å²) in [5.74, 6) is 0.863. The van der Waals surface area contributed by atoms with E-state index in [9.17, 15) is 4.79 Å². The molecule has 0 atom stereocenters. The third-order valence-corrected chi connectivity index (χ3v) is 3.27. The van der Waals surface area contributed by atoms with Crippen molar-refractivity contribution in [2.75, 3.05) is 7.11 Å². The predicted octanol–water partition coefficient (Wildman–Crippen LogP) is 2.40. The number of nitrogens with zero attached hydrogens (tertiary/aromatic N) is 1. The van der Waals surface area contributed by atoms with E-state index in [1.807, 2.05) is 10.6 Å². The molecule has 0 aliphatic heterocycles. The molecule has 1 heterocycles. The van der Waals surface area contributed by atoms with Gasteiger partial charge in [0.25, 0.3) is 0 Å². The first kappa shape index (κ1) is 15.3. The van der Waals surface area contributed by atoms with Gasteiger partial charge < -0.3 is 14.6 Å². The van der Waals surface area contributed by atoms with Crippen molar-refractivity contribution in [1.82, 2.24) is 9.88 Å². The molecule has 0 unspecified atom stereocenters. The van der Waals surface area contributed by atoms with Gasteiger partial charge >= 0.3 is 0 Å². The number of benzene rings is 1. The monoisotopic (exact) mass is 286 g/mol. The Morgan fingerprint density at radius 2 is 1.90 bits per heavy atom. The van der Waals surface area contributed by atoms with Gasteiger partial charge in [-0.2, -0.15) is 0 Å². The Kier molecular flexibility index (Phi) is 5.17. The minimum atomic E-state index is 0.0214. The Hall–Kier alpha value is -2.07. The molecule has 21 heavy (non-hydrogen) atoms. The highest BCUT2D eigenvalue weighted by molar-refractivity contribution is 5.37. The molecule has 0 saturated heterocycles. The van der Waals surface area contributed by atoms with E-state index in [0.717, 1.165) is 17.9 Å². The molecule has 0 bridgehead atoms. The van der Waals surface area contributed by atoms with Crippen molar-refractivity contribution < 1.29 is 4.74 Å². The second-order valence-corrected chi connectivity index (χ2v) is 5.39. The highest BCUT2D eigenvalue weighted by atomic mass is 16.5. The topological polar surface area (TPSA) is 43.3 Å². The Bertz CT molecular complexity index is 627. The van der Waals surface area contributed by atoms with Crippen LogP contribution in [0.25, 0.3) is 0 Å². The summed E-state index contributed by atoms with van der Waals surface area (Å²) in [5.41, 5.74) is 2.35. The standard InChI is InChI=1S/C17H22N2O2/c1-13(2)18-11-14-4-5-17(21-3)15(10-14)12-19-8-6-16(20)7-9-19/h4-10,13,18H,11-12H2,1-3H3. The smallest absolute Gasteiger partial charge is 0.181 e. The van der Waals surface area contributed by atoms with Gasteiger partial charge in [-0.3, -0.25) is 4.79 Å². The van der Waals surface area contributed by atoms with E-state index < -0.39 is 0 Å². The first-order valence-electron chi connectivity index (χ1n) is 7.14. The van der Waals surface area contributed by atoms with Gasteiger partial charge in [0.05, 0.1) is 13.7 Å². The SMILES string of the molecule is COc1ccc(CNC(C)C)cc1Cn1ccc(=O)cc1. The molecule has 1 aromatic carbocycles. The molecule has 0 amide bonds. The van der Waals surface area contributed by atoms with Crippen LogP contribution in [0.3, 0.4) is 0 Å². The molecule has 2 aromatic rings. The fourth-order valence-corrected chi connectivity index (χ4v) is 2.13. The van der Waals surface area contributed by atoms with Crippen LogP contribution in [0, 0.1) is 0 Å². The maximum absolute atomic E-state index is 11.2.